The van der Waals surface area contributed by atoms with Crippen LogP contribution < -0.4 is 0 Å². The largest absolute Gasteiger partial charge is 0.416 e. The first-order chi connectivity index (χ1) is 15.1. The van der Waals surface area contributed by atoms with Crippen LogP contribution in [0.4, 0.5) is 13.2 Å². The number of alkyl halides is 3. The van der Waals surface area contributed by atoms with E-state index in [1.54, 1.807) is 28.8 Å². The number of amides is 1. The number of aromatic nitrogens is 4. The van der Waals surface area contributed by atoms with Crippen molar-refractivity contribution in [3.8, 4) is 5.95 Å². The van der Waals surface area contributed by atoms with Gasteiger partial charge in [-0.2, -0.15) is 18.3 Å². The lowest BCUT2D eigenvalue weighted by Gasteiger charge is -2.13. The number of halogens is 3. The van der Waals surface area contributed by atoms with Gasteiger partial charge in [-0.1, -0.05) is 18.2 Å². The fourth-order valence-corrected chi connectivity index (χ4v) is 4.06. The van der Waals surface area contributed by atoms with Crippen molar-refractivity contribution in [3.63, 3.8) is 0 Å². The van der Waals surface area contributed by atoms with Gasteiger partial charge in [0.2, 0.25) is 5.91 Å². The number of nitrogens with zero attached hydrogens (tertiary/aromatic N) is 5. The Kier molecular flexibility index (Phi) is 5.75. The number of aryl methyl sites for hydroxylation is 2. The van der Waals surface area contributed by atoms with E-state index in [9.17, 15) is 18.0 Å². The van der Waals surface area contributed by atoms with Crippen LogP contribution in [0, 0.1) is 19.8 Å². The fraction of sp³-hybridized carbons (Fsp3) is 0.391. The minimum atomic E-state index is -4.41. The van der Waals surface area contributed by atoms with Gasteiger partial charge in [-0.05, 0) is 44.0 Å². The Morgan fingerprint density at radius 2 is 1.84 bits per heavy atom. The highest BCUT2D eigenvalue weighted by atomic mass is 19.4. The van der Waals surface area contributed by atoms with E-state index in [2.05, 4.69) is 15.1 Å². The van der Waals surface area contributed by atoms with Crippen LogP contribution in [0.2, 0.25) is 0 Å². The normalized spacial score (nSPS) is 16.8. The summed E-state index contributed by atoms with van der Waals surface area (Å²) in [6.45, 7) is 4.46. The first-order valence-electron chi connectivity index (χ1n) is 10.4. The topological polar surface area (TPSA) is 63.9 Å². The Labute approximate surface area is 184 Å². The molecule has 0 aliphatic carbocycles. The molecule has 1 aliphatic rings. The van der Waals surface area contributed by atoms with Gasteiger partial charge in [-0.15, -0.1) is 0 Å². The minimum absolute atomic E-state index is 0.0794. The van der Waals surface area contributed by atoms with Gasteiger partial charge in [0.15, 0.2) is 0 Å². The third kappa shape index (κ3) is 4.66. The highest BCUT2D eigenvalue weighted by molar-refractivity contribution is 5.80. The molecule has 6 nitrogen and oxygen atoms in total. The fourth-order valence-electron chi connectivity index (χ4n) is 4.06. The number of hydrogen-bond donors (Lipinski definition) is 0. The van der Waals surface area contributed by atoms with Crippen LogP contribution in [-0.4, -0.2) is 44.1 Å². The number of benzene rings is 1. The molecule has 168 valence electrons. The molecule has 3 aromatic rings. The summed E-state index contributed by atoms with van der Waals surface area (Å²) >= 11 is 0. The van der Waals surface area contributed by atoms with Crippen molar-refractivity contribution in [2.75, 3.05) is 13.6 Å². The monoisotopic (exact) mass is 443 g/mol. The SMILES string of the molecule is Cc1cc(C)n(-c2nc(Cc3cccc(C(F)(F)F)c3)cc(CC3CCN(C)C3=O)n2)n1. The highest BCUT2D eigenvalue weighted by Gasteiger charge is 2.31. The van der Waals surface area contributed by atoms with E-state index < -0.39 is 11.7 Å². The van der Waals surface area contributed by atoms with Gasteiger partial charge in [0.1, 0.15) is 0 Å². The van der Waals surface area contributed by atoms with Crippen molar-refractivity contribution in [2.45, 2.75) is 39.3 Å². The second-order valence-corrected chi connectivity index (χ2v) is 8.31. The molecular formula is C23H24F3N5O. The second kappa shape index (κ2) is 8.37. The van der Waals surface area contributed by atoms with E-state index in [1.165, 1.54) is 6.07 Å². The summed E-state index contributed by atoms with van der Waals surface area (Å²) in [5.41, 5.74) is 2.72. The summed E-state index contributed by atoms with van der Waals surface area (Å²) in [6, 6.07) is 8.92. The van der Waals surface area contributed by atoms with Gasteiger partial charge in [-0.3, -0.25) is 4.79 Å². The van der Waals surface area contributed by atoms with E-state index in [0.29, 0.717) is 35.9 Å². The summed E-state index contributed by atoms with van der Waals surface area (Å²) in [5, 5.41) is 4.44. The highest BCUT2D eigenvalue weighted by Crippen LogP contribution is 2.30. The summed E-state index contributed by atoms with van der Waals surface area (Å²) in [6.07, 6.45) is -2.99. The van der Waals surface area contributed by atoms with Crippen LogP contribution in [0.1, 0.15) is 40.3 Å². The Hall–Kier alpha value is -3.23. The third-order valence-corrected chi connectivity index (χ3v) is 5.65. The quantitative estimate of drug-likeness (QED) is 0.600. The molecule has 1 saturated heterocycles. The van der Waals surface area contributed by atoms with Crippen LogP contribution in [0.3, 0.4) is 0 Å². The van der Waals surface area contributed by atoms with Crippen LogP contribution in [-0.2, 0) is 23.8 Å². The predicted molar refractivity (Wildman–Crippen MR) is 112 cm³/mol. The zero-order valence-electron chi connectivity index (χ0n) is 18.1. The second-order valence-electron chi connectivity index (χ2n) is 8.31. The Balaban J connectivity index is 1.70. The lowest BCUT2D eigenvalue weighted by Crippen LogP contribution is -2.24. The van der Waals surface area contributed by atoms with Crippen molar-refractivity contribution in [3.05, 3.63) is 70.3 Å². The predicted octanol–water partition coefficient (Wildman–Crippen LogP) is 3.91. The van der Waals surface area contributed by atoms with Gasteiger partial charge < -0.3 is 4.90 Å². The molecule has 4 rings (SSSR count). The van der Waals surface area contributed by atoms with Crippen molar-refractivity contribution in [1.29, 1.82) is 0 Å². The van der Waals surface area contributed by atoms with Crippen molar-refractivity contribution >= 4 is 5.91 Å². The number of carbonyl (C=O) groups excluding carboxylic acids is 1. The number of hydrogen-bond acceptors (Lipinski definition) is 4. The zero-order valence-corrected chi connectivity index (χ0v) is 18.1. The Bertz CT molecular complexity index is 1150. The smallest absolute Gasteiger partial charge is 0.345 e. The summed E-state index contributed by atoms with van der Waals surface area (Å²) in [7, 11) is 1.78. The molecule has 0 spiro atoms. The number of rotatable bonds is 5. The molecule has 32 heavy (non-hydrogen) atoms. The molecule has 2 aromatic heterocycles. The van der Waals surface area contributed by atoms with E-state index in [0.717, 1.165) is 29.9 Å². The molecule has 1 unspecified atom stereocenters. The van der Waals surface area contributed by atoms with Gasteiger partial charge in [0, 0.05) is 43.7 Å². The Morgan fingerprint density at radius 3 is 2.47 bits per heavy atom. The van der Waals surface area contributed by atoms with Gasteiger partial charge in [-0.25, -0.2) is 14.6 Å². The maximum absolute atomic E-state index is 13.1. The third-order valence-electron chi connectivity index (χ3n) is 5.65. The van der Waals surface area contributed by atoms with Crippen molar-refractivity contribution in [1.82, 2.24) is 24.6 Å². The molecule has 0 N–H and O–H groups in total. The molecule has 9 heteroatoms. The first kappa shape index (κ1) is 22.0. The van der Waals surface area contributed by atoms with E-state index in [1.807, 2.05) is 19.9 Å². The molecule has 1 amide bonds. The molecule has 1 aromatic carbocycles. The molecule has 1 atom stereocenters. The first-order valence-corrected chi connectivity index (χ1v) is 10.4. The lowest BCUT2D eigenvalue weighted by atomic mass is 10.00. The van der Waals surface area contributed by atoms with Crippen LogP contribution in [0.15, 0.2) is 36.4 Å². The van der Waals surface area contributed by atoms with Gasteiger partial charge in [0.25, 0.3) is 5.95 Å². The van der Waals surface area contributed by atoms with Gasteiger partial charge in [0.05, 0.1) is 17.0 Å². The van der Waals surface area contributed by atoms with E-state index in [4.69, 9.17) is 0 Å². The molecule has 0 radical (unpaired) electrons. The lowest BCUT2D eigenvalue weighted by molar-refractivity contribution is -0.137. The maximum atomic E-state index is 13.1. The molecule has 1 aliphatic heterocycles. The molecule has 3 heterocycles. The Morgan fingerprint density at radius 1 is 1.09 bits per heavy atom. The standard InChI is InChI=1S/C23H24F3N5O/c1-14-9-15(2)31(29-14)22-27-19(11-16-5-4-6-18(10-16)23(24,25)26)13-20(28-22)12-17-7-8-30(3)21(17)32/h4-6,9-10,13,17H,7-8,11-12H2,1-3H3. The maximum Gasteiger partial charge on any atom is 0.416 e. The molecule has 0 saturated carbocycles. The summed E-state index contributed by atoms with van der Waals surface area (Å²) in [5.74, 6) is 0.272. The summed E-state index contributed by atoms with van der Waals surface area (Å²) in [4.78, 5) is 23.3. The summed E-state index contributed by atoms with van der Waals surface area (Å²) < 4.78 is 41.0. The molecule has 1 fully saturated rings. The van der Waals surface area contributed by atoms with Crippen LogP contribution in [0.25, 0.3) is 5.95 Å². The van der Waals surface area contributed by atoms with Crippen molar-refractivity contribution < 1.29 is 18.0 Å². The van der Waals surface area contributed by atoms with Crippen molar-refractivity contribution in [2.24, 2.45) is 5.92 Å². The number of likely N-dealkylation sites (tertiary alicyclic amines) is 1. The average Bonchev–Trinajstić information content (AvgIpc) is 3.22. The van der Waals surface area contributed by atoms with Crippen LogP contribution in [0.5, 0.6) is 0 Å². The minimum Gasteiger partial charge on any atom is -0.345 e. The molecular weight excluding hydrogens is 419 g/mol. The van der Waals surface area contributed by atoms with E-state index >= 15 is 0 Å². The number of carbonyl (C=O) groups is 1. The van der Waals surface area contributed by atoms with E-state index in [-0.39, 0.29) is 18.2 Å². The average molecular weight is 443 g/mol. The molecule has 0 bridgehead atoms. The van der Waals surface area contributed by atoms with Gasteiger partial charge >= 0.3 is 6.18 Å². The zero-order chi connectivity index (χ0) is 23.0. The van der Waals surface area contributed by atoms with Crippen LogP contribution >= 0.6 is 0 Å².